The van der Waals surface area contributed by atoms with Crippen LogP contribution in [0.3, 0.4) is 0 Å². The summed E-state index contributed by atoms with van der Waals surface area (Å²) in [5.41, 5.74) is 0.143. The van der Waals surface area contributed by atoms with Crippen molar-refractivity contribution in [2.24, 2.45) is 0 Å². The molecule has 0 amide bonds. The van der Waals surface area contributed by atoms with Gasteiger partial charge in [-0.15, -0.1) is 0 Å². The van der Waals surface area contributed by atoms with Crippen LogP contribution in [0.1, 0.15) is 5.56 Å². The van der Waals surface area contributed by atoms with Crippen molar-refractivity contribution in [3.05, 3.63) is 56.0 Å². The fourth-order valence-corrected chi connectivity index (χ4v) is 1.81. The highest BCUT2D eigenvalue weighted by Crippen LogP contribution is 1.99. The predicted octanol–water partition coefficient (Wildman–Crippen LogP) is 0.357. The summed E-state index contributed by atoms with van der Waals surface area (Å²) in [6.45, 7) is 0.183. The van der Waals surface area contributed by atoms with E-state index in [1.807, 2.05) is 30.3 Å². The van der Waals surface area contributed by atoms with E-state index in [0.29, 0.717) is 15.7 Å². The van der Waals surface area contributed by atoms with E-state index in [2.05, 4.69) is 0 Å². The summed E-state index contributed by atoms with van der Waals surface area (Å²) in [5.74, 6) is 0. The smallest absolute Gasteiger partial charge is 0.375 e. The molecule has 0 aliphatic carbocycles. The summed E-state index contributed by atoms with van der Waals surface area (Å²) in [6, 6.07) is 9.12. The molecular formula is C9H8N2O3S. The van der Waals surface area contributed by atoms with Crippen LogP contribution in [0.2, 0.25) is 0 Å². The van der Waals surface area contributed by atoms with Crippen molar-refractivity contribution in [3.63, 3.8) is 0 Å². The molecule has 5 nitrogen and oxygen atoms in total. The van der Waals surface area contributed by atoms with Crippen molar-refractivity contribution >= 4 is 11.5 Å². The van der Waals surface area contributed by atoms with Crippen molar-refractivity contribution in [1.29, 1.82) is 0 Å². The van der Waals surface area contributed by atoms with Gasteiger partial charge in [0.25, 0.3) is 0 Å². The predicted molar refractivity (Wildman–Crippen MR) is 55.6 cm³/mol. The Hall–Kier alpha value is -1.82. The van der Waals surface area contributed by atoms with Gasteiger partial charge in [0, 0.05) is 11.5 Å². The van der Waals surface area contributed by atoms with Crippen molar-refractivity contribution in [2.45, 2.75) is 6.54 Å². The summed E-state index contributed by atoms with van der Waals surface area (Å²) < 4.78 is 1.32. The highest BCUT2D eigenvalue weighted by molar-refractivity contribution is 7.03. The maximum absolute atomic E-state index is 11.3. The Morgan fingerprint density at radius 3 is 2.40 bits per heavy atom. The lowest BCUT2D eigenvalue weighted by Gasteiger charge is -1.98. The fraction of sp³-hybridized carbons (Fsp3) is 0.111. The van der Waals surface area contributed by atoms with E-state index in [-0.39, 0.29) is 6.54 Å². The molecule has 1 N–H and O–H groups in total. The maximum Gasteiger partial charge on any atom is 0.375 e. The second-order valence-electron chi connectivity index (χ2n) is 2.98. The molecule has 0 fully saturated rings. The Balaban J connectivity index is 2.41. The molecule has 2 rings (SSSR count). The number of hydrogen-bond acceptors (Lipinski definition) is 4. The first-order chi connectivity index (χ1) is 7.18. The minimum absolute atomic E-state index is 0.183. The van der Waals surface area contributed by atoms with Crippen LogP contribution in [0, 0.1) is 0 Å². The third-order valence-corrected chi connectivity index (χ3v) is 2.67. The SMILES string of the molecule is O=c1sn(O)c(=O)n1Cc1ccccc1. The van der Waals surface area contributed by atoms with Gasteiger partial charge in [0.15, 0.2) is 0 Å². The molecule has 6 heteroatoms. The molecule has 0 saturated carbocycles. The number of nitrogens with zero attached hydrogens (tertiary/aromatic N) is 2. The van der Waals surface area contributed by atoms with E-state index in [9.17, 15) is 9.59 Å². The average molecular weight is 224 g/mol. The average Bonchev–Trinajstić information content (AvgIpc) is 2.47. The summed E-state index contributed by atoms with van der Waals surface area (Å²) >= 11 is 0.482. The molecule has 0 radical (unpaired) electrons. The van der Waals surface area contributed by atoms with Crippen LogP contribution in [0.5, 0.6) is 0 Å². The molecule has 2 aromatic rings. The van der Waals surface area contributed by atoms with Crippen molar-refractivity contribution in [1.82, 2.24) is 8.69 Å². The molecule has 0 bridgehead atoms. The molecule has 1 aromatic carbocycles. The minimum Gasteiger partial charge on any atom is -0.414 e. The molecule has 0 aliphatic heterocycles. The number of rotatable bonds is 2. The van der Waals surface area contributed by atoms with Crippen molar-refractivity contribution < 1.29 is 5.21 Å². The summed E-state index contributed by atoms with van der Waals surface area (Å²) in [4.78, 5) is 22.1. The first kappa shape index (κ1) is 9.72. The minimum atomic E-state index is -0.700. The van der Waals surface area contributed by atoms with Crippen LogP contribution in [0.4, 0.5) is 0 Å². The van der Waals surface area contributed by atoms with Crippen LogP contribution in [-0.2, 0) is 6.54 Å². The molecule has 0 saturated heterocycles. The lowest BCUT2D eigenvalue weighted by molar-refractivity contribution is 0.202. The van der Waals surface area contributed by atoms with Gasteiger partial charge in [0.1, 0.15) is 0 Å². The maximum atomic E-state index is 11.3. The first-order valence-corrected chi connectivity index (χ1v) is 5.02. The quantitative estimate of drug-likeness (QED) is 0.749. The van der Waals surface area contributed by atoms with Crippen molar-refractivity contribution in [3.8, 4) is 0 Å². The third kappa shape index (κ3) is 1.84. The van der Waals surface area contributed by atoms with Crippen LogP contribution in [-0.4, -0.2) is 13.9 Å². The van der Waals surface area contributed by atoms with E-state index in [4.69, 9.17) is 5.21 Å². The molecular weight excluding hydrogens is 216 g/mol. The second kappa shape index (κ2) is 3.74. The zero-order chi connectivity index (χ0) is 10.8. The lowest BCUT2D eigenvalue weighted by atomic mass is 10.2. The second-order valence-corrected chi connectivity index (χ2v) is 3.86. The molecule has 0 aliphatic rings. The van der Waals surface area contributed by atoms with E-state index in [1.54, 1.807) is 0 Å². The first-order valence-electron chi connectivity index (χ1n) is 4.25. The molecule has 15 heavy (non-hydrogen) atoms. The van der Waals surface area contributed by atoms with Gasteiger partial charge >= 0.3 is 10.6 Å². The van der Waals surface area contributed by atoms with E-state index in [1.165, 1.54) is 0 Å². The zero-order valence-electron chi connectivity index (χ0n) is 7.66. The van der Waals surface area contributed by atoms with Crippen LogP contribution < -0.4 is 10.6 Å². The van der Waals surface area contributed by atoms with E-state index >= 15 is 0 Å². The molecule has 1 aromatic heterocycles. The Kier molecular flexibility index (Phi) is 2.42. The van der Waals surface area contributed by atoms with Gasteiger partial charge in [-0.25, -0.2) is 9.36 Å². The van der Waals surface area contributed by atoms with Crippen LogP contribution in [0.25, 0.3) is 0 Å². The van der Waals surface area contributed by atoms with Crippen LogP contribution >= 0.6 is 11.5 Å². The Bertz CT molecular complexity index is 567. The van der Waals surface area contributed by atoms with E-state index < -0.39 is 10.6 Å². The molecule has 78 valence electrons. The number of benzene rings is 1. The molecule has 1 heterocycles. The third-order valence-electron chi connectivity index (χ3n) is 1.96. The summed E-state index contributed by atoms with van der Waals surface area (Å²) in [7, 11) is 0. The zero-order valence-corrected chi connectivity index (χ0v) is 8.48. The Morgan fingerprint density at radius 2 is 1.87 bits per heavy atom. The highest BCUT2D eigenvalue weighted by Gasteiger charge is 2.08. The van der Waals surface area contributed by atoms with Gasteiger partial charge in [0.05, 0.1) is 6.54 Å². The van der Waals surface area contributed by atoms with Gasteiger partial charge in [0.2, 0.25) is 0 Å². The normalized spacial score (nSPS) is 10.4. The van der Waals surface area contributed by atoms with Gasteiger partial charge in [-0.05, 0) is 5.56 Å². The Morgan fingerprint density at radius 1 is 1.20 bits per heavy atom. The highest BCUT2D eigenvalue weighted by atomic mass is 32.1. The van der Waals surface area contributed by atoms with E-state index in [0.717, 1.165) is 10.1 Å². The van der Waals surface area contributed by atoms with Gasteiger partial charge < -0.3 is 5.21 Å². The van der Waals surface area contributed by atoms with Crippen molar-refractivity contribution in [2.75, 3.05) is 0 Å². The molecule has 0 unspecified atom stereocenters. The standard InChI is InChI=1S/C9H8N2O3S/c12-8-10(9(13)15-11(8)14)6-7-4-2-1-3-5-7/h1-5,14H,6H2. The van der Waals surface area contributed by atoms with Gasteiger partial charge in [-0.3, -0.25) is 4.79 Å². The number of hydrogen-bond donors (Lipinski definition) is 1. The summed E-state index contributed by atoms with van der Waals surface area (Å²) in [6.07, 6.45) is 0. The topological polar surface area (TPSA) is 64.2 Å². The van der Waals surface area contributed by atoms with Gasteiger partial charge in [-0.1, -0.05) is 34.5 Å². The fourth-order valence-electron chi connectivity index (χ4n) is 1.24. The largest absolute Gasteiger partial charge is 0.414 e. The molecule has 0 spiro atoms. The lowest BCUT2D eigenvalue weighted by Crippen LogP contribution is -2.28. The molecule has 0 atom stereocenters. The summed E-state index contributed by atoms with van der Waals surface area (Å²) in [5, 5.41) is 9.00. The van der Waals surface area contributed by atoms with Gasteiger partial charge in [-0.2, -0.15) is 0 Å². The number of aromatic nitrogens is 2. The Labute approximate surface area is 88.6 Å². The monoisotopic (exact) mass is 224 g/mol. The van der Waals surface area contributed by atoms with Crippen LogP contribution in [0.15, 0.2) is 39.9 Å².